The minimum Gasteiger partial charge on any atom is -0.503 e. The number of hydrazone groups is 1. The van der Waals surface area contributed by atoms with Gasteiger partial charge < -0.3 is 15.6 Å². The lowest BCUT2D eigenvalue weighted by Crippen LogP contribution is -2.24. The molecule has 0 atom stereocenters. The quantitative estimate of drug-likeness (QED) is 0.400. The second-order valence-corrected chi connectivity index (χ2v) is 4.75. The first-order valence-corrected chi connectivity index (χ1v) is 6.18. The van der Waals surface area contributed by atoms with Gasteiger partial charge in [0.15, 0.2) is 11.5 Å². The van der Waals surface area contributed by atoms with Gasteiger partial charge in [-0.2, -0.15) is 5.10 Å². The number of primary amides is 1. The molecule has 8 heteroatoms. The van der Waals surface area contributed by atoms with Gasteiger partial charge in [0, 0.05) is 10.0 Å². The maximum atomic E-state index is 10.4. The molecule has 0 bridgehead atoms. The number of nitrogens with two attached hydrogens (primary N) is 1. The Labute approximate surface area is 119 Å². The Morgan fingerprint density at radius 2 is 2.41 bits per heavy atom. The number of halogens is 2. The Bertz CT molecular complexity index is 479. The lowest BCUT2D eigenvalue weighted by atomic mass is 10.2. The number of carbonyl (C=O) groups is 1. The van der Waals surface area contributed by atoms with E-state index in [4.69, 9.17) is 10.5 Å². The molecular formula is C9H9BrIN3O3. The Morgan fingerprint density at radius 3 is 2.94 bits per heavy atom. The van der Waals surface area contributed by atoms with Crippen molar-refractivity contribution in [1.29, 1.82) is 0 Å². The standard InChI is InChI=1S/C9H9BrIN3O3/c1-17-5-2-4(3-13-14-9(12)16)6(10)7(11)8(5)15/h2-3,15H,1H3,(H3,12,14,16). The van der Waals surface area contributed by atoms with Gasteiger partial charge in [0.1, 0.15) is 0 Å². The van der Waals surface area contributed by atoms with Crippen LogP contribution in [0.1, 0.15) is 5.56 Å². The van der Waals surface area contributed by atoms with Gasteiger partial charge in [-0.25, -0.2) is 10.2 Å². The van der Waals surface area contributed by atoms with Crippen LogP contribution in [-0.2, 0) is 0 Å². The molecule has 6 nitrogen and oxygen atoms in total. The van der Waals surface area contributed by atoms with Gasteiger partial charge >= 0.3 is 6.03 Å². The van der Waals surface area contributed by atoms with Crippen molar-refractivity contribution in [1.82, 2.24) is 5.43 Å². The number of methoxy groups -OCH3 is 1. The second kappa shape index (κ2) is 6.05. The van der Waals surface area contributed by atoms with Crippen molar-refractivity contribution in [3.63, 3.8) is 0 Å². The van der Waals surface area contributed by atoms with E-state index in [1.165, 1.54) is 13.3 Å². The summed E-state index contributed by atoms with van der Waals surface area (Å²) in [6.45, 7) is 0. The third-order valence-corrected chi connectivity index (χ3v) is 4.42. The first-order chi connectivity index (χ1) is 7.97. The number of hydrogen-bond donors (Lipinski definition) is 3. The van der Waals surface area contributed by atoms with Crippen molar-refractivity contribution in [2.75, 3.05) is 7.11 Å². The summed E-state index contributed by atoms with van der Waals surface area (Å²) in [4.78, 5) is 10.4. The molecule has 92 valence electrons. The van der Waals surface area contributed by atoms with Crippen LogP contribution in [0.5, 0.6) is 11.5 Å². The molecule has 0 aromatic heterocycles. The number of carbonyl (C=O) groups excluding carboxylic acids is 1. The van der Waals surface area contributed by atoms with Crippen LogP contribution < -0.4 is 15.9 Å². The maximum absolute atomic E-state index is 10.4. The van der Waals surface area contributed by atoms with Gasteiger partial charge in [-0.1, -0.05) is 0 Å². The van der Waals surface area contributed by atoms with Crippen LogP contribution in [0.3, 0.4) is 0 Å². The molecule has 1 aromatic carbocycles. The normalized spacial score (nSPS) is 10.5. The highest BCUT2D eigenvalue weighted by atomic mass is 127. The molecule has 0 fully saturated rings. The van der Waals surface area contributed by atoms with Gasteiger partial charge in [0.05, 0.1) is 16.9 Å². The summed E-state index contributed by atoms with van der Waals surface area (Å²) in [6, 6.07) is 0.825. The predicted molar refractivity (Wildman–Crippen MR) is 75.4 cm³/mol. The number of benzene rings is 1. The van der Waals surface area contributed by atoms with E-state index in [0.717, 1.165) is 0 Å². The zero-order valence-electron chi connectivity index (χ0n) is 8.70. The Morgan fingerprint density at radius 1 is 1.76 bits per heavy atom. The van der Waals surface area contributed by atoms with Gasteiger partial charge in [0.25, 0.3) is 0 Å². The fourth-order valence-electron chi connectivity index (χ4n) is 1.03. The first kappa shape index (κ1) is 14.0. The molecule has 17 heavy (non-hydrogen) atoms. The van der Waals surface area contributed by atoms with E-state index in [1.807, 2.05) is 22.6 Å². The highest BCUT2D eigenvalue weighted by Gasteiger charge is 2.13. The van der Waals surface area contributed by atoms with E-state index in [9.17, 15) is 9.90 Å². The Hall–Kier alpha value is -1.03. The van der Waals surface area contributed by atoms with Crippen LogP contribution in [0.25, 0.3) is 0 Å². The molecule has 1 aromatic rings. The molecule has 2 amide bonds. The number of nitrogens with zero attached hydrogens (tertiary/aromatic N) is 1. The number of phenolic OH excluding ortho intramolecular Hbond substituents is 1. The van der Waals surface area contributed by atoms with E-state index < -0.39 is 6.03 Å². The third kappa shape index (κ3) is 3.46. The molecule has 0 spiro atoms. The molecule has 0 aliphatic heterocycles. The first-order valence-electron chi connectivity index (χ1n) is 4.30. The number of hydrogen-bond acceptors (Lipinski definition) is 4. The molecule has 0 aliphatic rings. The minimum atomic E-state index is -0.752. The molecule has 1 rings (SSSR count). The minimum absolute atomic E-state index is 0.0417. The monoisotopic (exact) mass is 413 g/mol. The molecule has 0 radical (unpaired) electrons. The van der Waals surface area contributed by atoms with Gasteiger partial charge in [-0.15, -0.1) is 0 Å². The highest BCUT2D eigenvalue weighted by Crippen LogP contribution is 2.38. The maximum Gasteiger partial charge on any atom is 0.332 e. The number of rotatable bonds is 3. The number of urea groups is 1. The van der Waals surface area contributed by atoms with E-state index in [2.05, 4.69) is 26.5 Å². The lowest BCUT2D eigenvalue weighted by Gasteiger charge is -2.09. The van der Waals surface area contributed by atoms with Crippen LogP contribution in [0.2, 0.25) is 0 Å². The summed E-state index contributed by atoms with van der Waals surface area (Å²) in [5, 5.41) is 13.3. The van der Waals surface area contributed by atoms with Crippen LogP contribution in [-0.4, -0.2) is 24.5 Å². The van der Waals surface area contributed by atoms with Gasteiger partial charge in [-0.3, -0.25) is 0 Å². The van der Waals surface area contributed by atoms with Crippen LogP contribution in [0, 0.1) is 3.57 Å². The molecule has 4 N–H and O–H groups in total. The van der Waals surface area contributed by atoms with E-state index in [1.54, 1.807) is 6.07 Å². The number of phenols is 1. The zero-order chi connectivity index (χ0) is 13.0. The van der Waals surface area contributed by atoms with E-state index >= 15 is 0 Å². The van der Waals surface area contributed by atoms with E-state index in [0.29, 0.717) is 19.4 Å². The smallest absolute Gasteiger partial charge is 0.332 e. The second-order valence-electron chi connectivity index (χ2n) is 2.88. The number of ether oxygens (including phenoxy) is 1. The van der Waals surface area contributed by atoms with E-state index in [-0.39, 0.29) is 5.75 Å². The van der Waals surface area contributed by atoms with Crippen molar-refractivity contribution in [2.45, 2.75) is 0 Å². The highest BCUT2D eigenvalue weighted by molar-refractivity contribution is 14.1. The summed E-state index contributed by atoms with van der Waals surface area (Å²) in [5.41, 5.74) is 7.57. The van der Waals surface area contributed by atoms with Crippen LogP contribution in [0.4, 0.5) is 4.79 Å². The molecule has 0 saturated carbocycles. The van der Waals surface area contributed by atoms with Crippen LogP contribution in [0.15, 0.2) is 15.6 Å². The summed E-state index contributed by atoms with van der Waals surface area (Å²) in [5.74, 6) is 0.359. The average Bonchev–Trinajstić information content (AvgIpc) is 2.29. The summed E-state index contributed by atoms with van der Waals surface area (Å²) in [6.07, 6.45) is 1.39. The molecule has 0 saturated heterocycles. The van der Waals surface area contributed by atoms with Crippen LogP contribution >= 0.6 is 38.5 Å². The average molecular weight is 414 g/mol. The molecule has 0 aliphatic carbocycles. The van der Waals surface area contributed by atoms with Crippen molar-refractivity contribution < 1.29 is 14.6 Å². The van der Waals surface area contributed by atoms with Gasteiger partial charge in [0.2, 0.25) is 0 Å². The predicted octanol–water partition coefficient (Wildman–Crippen LogP) is 1.77. The topological polar surface area (TPSA) is 96.9 Å². The fraction of sp³-hybridized carbons (Fsp3) is 0.111. The Kier molecular flexibility index (Phi) is 5.00. The van der Waals surface area contributed by atoms with Crippen molar-refractivity contribution >= 4 is 50.8 Å². The zero-order valence-corrected chi connectivity index (χ0v) is 12.4. The molecule has 0 unspecified atom stereocenters. The van der Waals surface area contributed by atoms with Crippen molar-refractivity contribution in [3.8, 4) is 11.5 Å². The number of nitrogens with one attached hydrogen (secondary N) is 1. The van der Waals surface area contributed by atoms with Crippen molar-refractivity contribution in [2.24, 2.45) is 10.8 Å². The lowest BCUT2D eigenvalue weighted by molar-refractivity contribution is 0.249. The molecular weight excluding hydrogens is 405 g/mol. The van der Waals surface area contributed by atoms with Crippen molar-refractivity contribution in [3.05, 3.63) is 19.7 Å². The largest absolute Gasteiger partial charge is 0.503 e. The number of amides is 2. The Balaban J connectivity index is 3.12. The third-order valence-electron chi connectivity index (χ3n) is 1.77. The summed E-state index contributed by atoms with van der Waals surface area (Å²) >= 11 is 5.26. The fourth-order valence-corrected chi connectivity index (χ4v) is 2.01. The summed E-state index contributed by atoms with van der Waals surface area (Å²) in [7, 11) is 1.45. The summed E-state index contributed by atoms with van der Waals surface area (Å²) < 4.78 is 6.23. The number of aromatic hydroxyl groups is 1. The molecule has 0 heterocycles. The SMILES string of the molecule is COc1cc(C=NNC(N)=O)c(Br)c(I)c1O. The van der Waals surface area contributed by atoms with Gasteiger partial charge in [-0.05, 0) is 44.6 Å².